The molecule has 0 amide bonds. The van der Waals surface area contributed by atoms with Crippen molar-refractivity contribution in [2.24, 2.45) is 0 Å². The van der Waals surface area contributed by atoms with Crippen LogP contribution in [0.5, 0.6) is 0 Å². The van der Waals surface area contributed by atoms with Gasteiger partial charge >= 0.3 is 0 Å². The number of nitriles is 1. The molecular weight excluding hydrogens is 435 g/mol. The van der Waals surface area contributed by atoms with Gasteiger partial charge in [-0.25, -0.2) is 19.3 Å². The number of benzene rings is 1. The molecule has 0 aliphatic carbocycles. The number of fused-ring (bicyclic) bond motifs is 3. The fourth-order valence-electron chi connectivity index (χ4n) is 4.53. The van der Waals surface area contributed by atoms with E-state index in [1.54, 1.807) is 30.7 Å². The fraction of sp³-hybridized carbons (Fsp3) is 0.280. The Balaban J connectivity index is 1.40. The number of pyridine rings is 1. The van der Waals surface area contributed by atoms with Gasteiger partial charge in [-0.15, -0.1) is 0 Å². The molecule has 6 rings (SSSR count). The molecule has 0 saturated carbocycles. The Morgan fingerprint density at radius 3 is 2.56 bits per heavy atom. The summed E-state index contributed by atoms with van der Waals surface area (Å²) in [5.74, 6) is 0.233. The summed E-state index contributed by atoms with van der Waals surface area (Å²) < 4.78 is 28.5. The lowest BCUT2D eigenvalue weighted by molar-refractivity contribution is 0.0654. The number of hydrogen-bond acceptors (Lipinski definition) is 7. The largest absolute Gasteiger partial charge is 0.378 e. The molecule has 2 aliphatic heterocycles. The number of halogens is 1. The maximum atomic E-state index is 15.1. The van der Waals surface area contributed by atoms with Gasteiger partial charge in [-0.1, -0.05) is 12.1 Å². The van der Waals surface area contributed by atoms with Gasteiger partial charge in [0.05, 0.1) is 42.8 Å². The van der Waals surface area contributed by atoms with Gasteiger partial charge in [0.2, 0.25) is 5.95 Å². The highest BCUT2D eigenvalue weighted by atomic mass is 19.1. The molecule has 0 N–H and O–H groups in total. The van der Waals surface area contributed by atoms with Crippen LogP contribution >= 0.6 is 0 Å². The van der Waals surface area contributed by atoms with E-state index in [9.17, 15) is 0 Å². The molecule has 0 radical (unpaired) electrons. The van der Waals surface area contributed by atoms with Gasteiger partial charge in [-0.2, -0.15) is 5.26 Å². The Hall–Kier alpha value is -3.87. The molecule has 4 aromatic rings. The standard InChI is InChI=1S/C25H21FN6O2/c26-20-11-22-30-21-5-8-34-24(17-3-1-16(12-27)2-4-17)23(21)32(22)15-19(20)18-13-28-25(29-14-18)31-6-9-33-10-7-31/h1-4,11,13-15,24H,5-10H2. The van der Waals surface area contributed by atoms with Crippen LogP contribution < -0.4 is 4.90 Å². The van der Waals surface area contributed by atoms with Crippen molar-refractivity contribution in [2.75, 3.05) is 37.8 Å². The van der Waals surface area contributed by atoms with Crippen LogP contribution in [0.2, 0.25) is 0 Å². The Bertz CT molecular complexity index is 1390. The molecule has 34 heavy (non-hydrogen) atoms. The summed E-state index contributed by atoms with van der Waals surface area (Å²) in [5, 5.41) is 9.11. The predicted molar refractivity (Wildman–Crippen MR) is 122 cm³/mol. The van der Waals surface area contributed by atoms with Crippen molar-refractivity contribution >= 4 is 11.6 Å². The third-order valence-corrected chi connectivity index (χ3v) is 6.28. The van der Waals surface area contributed by atoms with Crippen molar-refractivity contribution in [3.05, 3.63) is 77.3 Å². The maximum absolute atomic E-state index is 15.1. The molecule has 5 heterocycles. The first-order valence-corrected chi connectivity index (χ1v) is 11.2. The van der Waals surface area contributed by atoms with Crippen molar-refractivity contribution in [1.29, 1.82) is 5.26 Å². The van der Waals surface area contributed by atoms with Crippen molar-refractivity contribution in [3.63, 3.8) is 0 Å². The first-order valence-electron chi connectivity index (χ1n) is 11.2. The van der Waals surface area contributed by atoms with Crippen molar-refractivity contribution in [2.45, 2.75) is 12.5 Å². The average Bonchev–Trinajstić information content (AvgIpc) is 3.26. The average molecular weight is 456 g/mol. The minimum atomic E-state index is -0.381. The van der Waals surface area contributed by atoms with Crippen LogP contribution in [0, 0.1) is 17.1 Å². The van der Waals surface area contributed by atoms with E-state index in [1.165, 1.54) is 6.07 Å². The maximum Gasteiger partial charge on any atom is 0.225 e. The minimum Gasteiger partial charge on any atom is -0.378 e. The second-order valence-corrected chi connectivity index (χ2v) is 8.31. The molecule has 0 bridgehead atoms. The number of ether oxygens (including phenoxy) is 2. The van der Waals surface area contributed by atoms with Crippen LogP contribution in [0.1, 0.15) is 28.6 Å². The molecule has 1 fully saturated rings. The first-order chi connectivity index (χ1) is 16.7. The second kappa shape index (κ2) is 8.48. The summed E-state index contributed by atoms with van der Waals surface area (Å²) in [7, 11) is 0. The van der Waals surface area contributed by atoms with E-state index in [0.717, 1.165) is 30.0 Å². The zero-order valence-electron chi connectivity index (χ0n) is 18.3. The highest BCUT2D eigenvalue weighted by molar-refractivity contribution is 5.65. The van der Waals surface area contributed by atoms with Gasteiger partial charge < -0.3 is 14.4 Å². The summed E-state index contributed by atoms with van der Waals surface area (Å²) in [5.41, 5.74) is 4.78. The Morgan fingerprint density at radius 1 is 1.06 bits per heavy atom. The third kappa shape index (κ3) is 3.57. The zero-order valence-corrected chi connectivity index (χ0v) is 18.3. The van der Waals surface area contributed by atoms with Gasteiger partial charge in [0.25, 0.3) is 0 Å². The number of aromatic nitrogens is 4. The zero-order chi connectivity index (χ0) is 23.1. The van der Waals surface area contributed by atoms with Crippen LogP contribution in [-0.2, 0) is 15.9 Å². The molecular formula is C25H21FN6O2. The van der Waals surface area contributed by atoms with Gasteiger partial charge in [-0.05, 0) is 17.7 Å². The molecule has 1 saturated heterocycles. The minimum absolute atomic E-state index is 0.357. The second-order valence-electron chi connectivity index (χ2n) is 8.31. The third-order valence-electron chi connectivity index (χ3n) is 6.28. The lowest BCUT2D eigenvalue weighted by Gasteiger charge is -2.26. The normalized spacial score (nSPS) is 18.0. The molecule has 0 spiro atoms. The molecule has 2 aliphatic rings. The summed E-state index contributed by atoms with van der Waals surface area (Å²) >= 11 is 0. The Morgan fingerprint density at radius 2 is 1.82 bits per heavy atom. The van der Waals surface area contributed by atoms with E-state index in [0.29, 0.717) is 54.5 Å². The van der Waals surface area contributed by atoms with Crippen LogP contribution in [0.25, 0.3) is 16.8 Å². The van der Waals surface area contributed by atoms with Gasteiger partial charge in [-0.3, -0.25) is 4.40 Å². The van der Waals surface area contributed by atoms with E-state index < -0.39 is 0 Å². The number of morpholine rings is 1. The predicted octanol–water partition coefficient (Wildman–Crippen LogP) is 3.30. The van der Waals surface area contributed by atoms with E-state index >= 15 is 4.39 Å². The quantitative estimate of drug-likeness (QED) is 0.467. The molecule has 1 aromatic carbocycles. The molecule has 170 valence electrons. The van der Waals surface area contributed by atoms with Gasteiger partial charge in [0, 0.05) is 55.3 Å². The monoisotopic (exact) mass is 456 g/mol. The highest BCUT2D eigenvalue weighted by Gasteiger charge is 2.28. The Labute approximate surface area is 195 Å². The number of imidazole rings is 1. The van der Waals surface area contributed by atoms with Crippen molar-refractivity contribution in [3.8, 4) is 17.2 Å². The van der Waals surface area contributed by atoms with Crippen LogP contribution in [0.4, 0.5) is 10.3 Å². The van der Waals surface area contributed by atoms with Gasteiger partial charge in [0.1, 0.15) is 17.6 Å². The fourth-order valence-corrected chi connectivity index (χ4v) is 4.53. The van der Waals surface area contributed by atoms with E-state index in [1.807, 2.05) is 16.5 Å². The van der Waals surface area contributed by atoms with E-state index in [4.69, 9.17) is 14.7 Å². The van der Waals surface area contributed by atoms with Gasteiger partial charge in [0.15, 0.2) is 0 Å². The number of nitrogens with zero attached hydrogens (tertiary/aromatic N) is 6. The number of anilines is 1. The summed E-state index contributed by atoms with van der Waals surface area (Å²) in [6.45, 7) is 3.28. The SMILES string of the molecule is N#Cc1ccc(C2OCCc3nc4cc(F)c(-c5cnc(N6CCOCC6)nc5)cn4c32)cc1. The molecule has 3 aromatic heterocycles. The Kier molecular flexibility index (Phi) is 5.17. The molecule has 9 heteroatoms. The molecule has 1 unspecified atom stereocenters. The van der Waals surface area contributed by atoms with Crippen LogP contribution in [0.15, 0.2) is 48.9 Å². The van der Waals surface area contributed by atoms with Crippen LogP contribution in [0.3, 0.4) is 0 Å². The first kappa shape index (κ1) is 20.7. The number of hydrogen-bond donors (Lipinski definition) is 0. The topological polar surface area (TPSA) is 88.6 Å². The summed E-state index contributed by atoms with van der Waals surface area (Å²) in [4.78, 5) is 15.7. The molecule has 8 nitrogen and oxygen atoms in total. The lowest BCUT2D eigenvalue weighted by atomic mass is 10.0. The van der Waals surface area contributed by atoms with Crippen molar-refractivity contribution < 1.29 is 13.9 Å². The summed E-state index contributed by atoms with van der Waals surface area (Å²) in [6, 6.07) is 10.9. The van der Waals surface area contributed by atoms with E-state index in [-0.39, 0.29) is 11.9 Å². The van der Waals surface area contributed by atoms with E-state index in [2.05, 4.69) is 25.9 Å². The molecule has 1 atom stereocenters. The van der Waals surface area contributed by atoms with Crippen LogP contribution in [-0.4, -0.2) is 52.3 Å². The smallest absolute Gasteiger partial charge is 0.225 e. The van der Waals surface area contributed by atoms with Crippen molar-refractivity contribution in [1.82, 2.24) is 19.4 Å². The number of rotatable bonds is 3. The highest BCUT2D eigenvalue weighted by Crippen LogP contribution is 2.35. The lowest BCUT2D eigenvalue weighted by Crippen LogP contribution is -2.37. The summed E-state index contributed by atoms with van der Waals surface area (Å²) in [6.07, 6.45) is 5.34.